The summed E-state index contributed by atoms with van der Waals surface area (Å²) >= 11 is 0. The van der Waals surface area contributed by atoms with Crippen LogP contribution in [0.15, 0.2) is 35.4 Å². The normalized spacial score (nSPS) is 19.7. The lowest BCUT2D eigenvalue weighted by Gasteiger charge is -2.17. The Labute approximate surface area is 113 Å². The van der Waals surface area contributed by atoms with Gasteiger partial charge in [0.05, 0.1) is 12.8 Å². The van der Waals surface area contributed by atoms with Crippen molar-refractivity contribution in [1.82, 2.24) is 5.43 Å². The van der Waals surface area contributed by atoms with Gasteiger partial charge in [-0.05, 0) is 36.3 Å². The van der Waals surface area contributed by atoms with Crippen molar-refractivity contribution in [1.29, 1.82) is 0 Å². The van der Waals surface area contributed by atoms with Crippen LogP contribution in [0.3, 0.4) is 0 Å². The number of rotatable bonds is 3. The van der Waals surface area contributed by atoms with Crippen LogP contribution in [0.5, 0.6) is 5.75 Å². The second-order valence-electron chi connectivity index (χ2n) is 4.74. The van der Waals surface area contributed by atoms with Crippen LogP contribution in [0, 0.1) is 5.92 Å². The summed E-state index contributed by atoms with van der Waals surface area (Å²) in [6.45, 7) is 4.04. The van der Waals surface area contributed by atoms with Gasteiger partial charge < -0.3 is 4.74 Å². The van der Waals surface area contributed by atoms with Crippen LogP contribution in [0.25, 0.3) is 5.57 Å². The van der Waals surface area contributed by atoms with Gasteiger partial charge in [-0.15, -0.1) is 0 Å². The fraction of sp³-hybridized carbons (Fsp3) is 0.333. The van der Waals surface area contributed by atoms with Gasteiger partial charge >= 0.3 is 0 Å². The highest BCUT2D eigenvalue weighted by molar-refractivity contribution is 6.05. The van der Waals surface area contributed by atoms with E-state index in [0.29, 0.717) is 6.42 Å². The van der Waals surface area contributed by atoms with Crippen LogP contribution in [0.2, 0.25) is 0 Å². The predicted octanol–water partition coefficient (Wildman–Crippen LogP) is 2.61. The molecule has 0 saturated heterocycles. The predicted molar refractivity (Wildman–Crippen MR) is 76.0 cm³/mol. The third kappa shape index (κ3) is 3.22. The number of benzene rings is 1. The van der Waals surface area contributed by atoms with Gasteiger partial charge in [-0.25, -0.2) is 5.43 Å². The first-order valence-corrected chi connectivity index (χ1v) is 6.29. The Bertz CT molecular complexity index is 547. The molecule has 1 aliphatic rings. The summed E-state index contributed by atoms with van der Waals surface area (Å²) in [7, 11) is 1.65. The molecular formula is C15H18N2O2. The first kappa shape index (κ1) is 13.3. The molecule has 1 aliphatic heterocycles. The van der Waals surface area contributed by atoms with E-state index < -0.39 is 0 Å². The van der Waals surface area contributed by atoms with Crippen molar-refractivity contribution in [2.75, 3.05) is 7.11 Å². The molecule has 19 heavy (non-hydrogen) atoms. The Hall–Kier alpha value is -2.10. The van der Waals surface area contributed by atoms with E-state index in [1.165, 1.54) is 0 Å². The molecule has 1 heterocycles. The molecule has 1 amide bonds. The monoisotopic (exact) mass is 258 g/mol. The van der Waals surface area contributed by atoms with Crippen LogP contribution in [-0.4, -0.2) is 18.7 Å². The zero-order chi connectivity index (χ0) is 13.8. The molecule has 0 fully saturated rings. The number of hydrazone groups is 1. The average molecular weight is 258 g/mol. The van der Waals surface area contributed by atoms with Gasteiger partial charge in [0.25, 0.3) is 0 Å². The second-order valence-corrected chi connectivity index (χ2v) is 4.74. The molecular weight excluding hydrogens is 240 g/mol. The summed E-state index contributed by atoms with van der Waals surface area (Å²) in [4.78, 5) is 11.2. The third-order valence-electron chi connectivity index (χ3n) is 3.20. The highest BCUT2D eigenvalue weighted by Crippen LogP contribution is 2.21. The molecule has 2 rings (SSSR count). The van der Waals surface area contributed by atoms with Crippen LogP contribution < -0.4 is 10.2 Å². The lowest BCUT2D eigenvalue weighted by atomic mass is 9.96. The van der Waals surface area contributed by atoms with Crippen LogP contribution in [-0.2, 0) is 4.79 Å². The molecule has 1 atom stereocenters. The summed E-state index contributed by atoms with van der Waals surface area (Å²) in [6, 6.07) is 7.89. The molecule has 1 unspecified atom stereocenters. The van der Waals surface area contributed by atoms with Gasteiger partial charge in [-0.3, -0.25) is 4.79 Å². The van der Waals surface area contributed by atoms with Crippen LogP contribution >= 0.6 is 0 Å². The molecule has 0 saturated carbocycles. The summed E-state index contributed by atoms with van der Waals surface area (Å²) in [5.74, 6) is 0.954. The molecule has 0 aromatic heterocycles. The van der Waals surface area contributed by atoms with Crippen molar-refractivity contribution in [2.45, 2.75) is 20.3 Å². The fourth-order valence-electron chi connectivity index (χ4n) is 2.01. The van der Waals surface area contributed by atoms with E-state index in [1.54, 1.807) is 7.11 Å². The van der Waals surface area contributed by atoms with Crippen LogP contribution in [0.4, 0.5) is 0 Å². The zero-order valence-corrected chi connectivity index (χ0v) is 11.4. The van der Waals surface area contributed by atoms with Crippen molar-refractivity contribution in [3.63, 3.8) is 0 Å². The Morgan fingerprint density at radius 3 is 3.00 bits per heavy atom. The molecule has 0 spiro atoms. The molecule has 1 N–H and O–H groups in total. The van der Waals surface area contributed by atoms with Gasteiger partial charge in [0.15, 0.2) is 0 Å². The number of allylic oxidation sites excluding steroid dienone is 2. The maximum Gasteiger partial charge on any atom is 0.240 e. The zero-order valence-electron chi connectivity index (χ0n) is 11.4. The van der Waals surface area contributed by atoms with Gasteiger partial charge in [-0.1, -0.05) is 19.1 Å². The first-order chi connectivity index (χ1) is 9.10. The van der Waals surface area contributed by atoms with E-state index in [1.807, 2.05) is 44.2 Å². The smallest absolute Gasteiger partial charge is 0.240 e. The van der Waals surface area contributed by atoms with Crippen molar-refractivity contribution >= 4 is 17.2 Å². The Morgan fingerprint density at radius 1 is 1.53 bits per heavy atom. The number of methoxy groups -OCH3 is 1. The minimum atomic E-state index is -0.0244. The molecule has 100 valence electrons. The van der Waals surface area contributed by atoms with E-state index in [4.69, 9.17) is 4.74 Å². The van der Waals surface area contributed by atoms with E-state index in [2.05, 4.69) is 10.5 Å². The summed E-state index contributed by atoms with van der Waals surface area (Å²) in [5.41, 5.74) is 5.61. The highest BCUT2D eigenvalue weighted by atomic mass is 16.5. The summed E-state index contributed by atoms with van der Waals surface area (Å²) in [5, 5.41) is 4.11. The number of nitrogens with zero attached hydrogens (tertiary/aromatic N) is 1. The summed E-state index contributed by atoms with van der Waals surface area (Å²) in [6.07, 6.45) is 2.50. The average Bonchev–Trinajstić information content (AvgIpc) is 2.42. The van der Waals surface area contributed by atoms with E-state index >= 15 is 0 Å². The lowest BCUT2D eigenvalue weighted by Crippen LogP contribution is -2.30. The van der Waals surface area contributed by atoms with Gasteiger partial charge in [0.1, 0.15) is 5.75 Å². The molecule has 0 radical (unpaired) electrons. The Balaban J connectivity index is 2.25. The van der Waals surface area contributed by atoms with E-state index in [-0.39, 0.29) is 11.8 Å². The quantitative estimate of drug-likeness (QED) is 0.906. The van der Waals surface area contributed by atoms with Gasteiger partial charge in [0, 0.05) is 12.3 Å². The summed E-state index contributed by atoms with van der Waals surface area (Å²) < 4.78 is 5.22. The number of amides is 1. The largest absolute Gasteiger partial charge is 0.497 e. The second kappa shape index (κ2) is 5.69. The lowest BCUT2D eigenvalue weighted by molar-refractivity contribution is -0.121. The van der Waals surface area contributed by atoms with Crippen molar-refractivity contribution in [3.05, 3.63) is 35.9 Å². The maximum absolute atomic E-state index is 11.2. The number of carbonyl (C=O) groups is 1. The molecule has 4 heteroatoms. The fourth-order valence-corrected chi connectivity index (χ4v) is 2.01. The molecule has 1 aromatic rings. The van der Waals surface area contributed by atoms with Crippen molar-refractivity contribution < 1.29 is 9.53 Å². The molecule has 4 nitrogen and oxygen atoms in total. The molecule has 0 bridgehead atoms. The minimum absolute atomic E-state index is 0.0244. The van der Waals surface area contributed by atoms with Crippen molar-refractivity contribution in [2.24, 2.45) is 11.0 Å². The SMILES string of the molecule is COc1cccc(C(C)=CC2=NNC(=O)CC2C)c1. The number of nitrogens with one attached hydrogen (secondary N) is 1. The Morgan fingerprint density at radius 2 is 2.32 bits per heavy atom. The third-order valence-corrected chi connectivity index (χ3v) is 3.20. The first-order valence-electron chi connectivity index (χ1n) is 6.29. The van der Waals surface area contributed by atoms with E-state index in [9.17, 15) is 4.79 Å². The van der Waals surface area contributed by atoms with E-state index in [0.717, 1.165) is 22.6 Å². The number of carbonyl (C=O) groups excluding carboxylic acids is 1. The topological polar surface area (TPSA) is 50.7 Å². The van der Waals surface area contributed by atoms with Crippen molar-refractivity contribution in [3.8, 4) is 5.75 Å². The maximum atomic E-state index is 11.2. The van der Waals surface area contributed by atoms with Gasteiger partial charge in [-0.2, -0.15) is 5.10 Å². The molecule has 0 aliphatic carbocycles. The molecule has 1 aromatic carbocycles. The number of ether oxygens (including phenoxy) is 1. The number of hydrogen-bond donors (Lipinski definition) is 1. The Kier molecular flexibility index (Phi) is 4.00. The van der Waals surface area contributed by atoms with Crippen LogP contribution in [0.1, 0.15) is 25.8 Å². The highest BCUT2D eigenvalue weighted by Gasteiger charge is 2.18. The van der Waals surface area contributed by atoms with Gasteiger partial charge in [0.2, 0.25) is 5.91 Å². The standard InChI is InChI=1S/C15H18N2O2/c1-10(12-5-4-6-13(9-12)19-3)7-14-11(2)8-15(18)17-16-14/h4-7,9,11H,8H2,1-3H3,(H,17,18). The minimum Gasteiger partial charge on any atom is -0.497 e. The number of hydrogen-bond acceptors (Lipinski definition) is 3.